The number of piperazine rings is 1. The molecule has 0 bridgehead atoms. The maximum atomic E-state index is 13.6. The highest BCUT2D eigenvalue weighted by molar-refractivity contribution is 7.17. The van der Waals surface area contributed by atoms with Crippen LogP contribution in [0.15, 0.2) is 63.5 Å². The molecular weight excluding hydrogens is 467 g/mol. The summed E-state index contributed by atoms with van der Waals surface area (Å²) in [6.45, 7) is 5.88. The number of rotatable bonds is 4. The quantitative estimate of drug-likeness (QED) is 0.438. The number of carbonyl (C=O) groups is 1. The Morgan fingerprint density at radius 2 is 1.69 bits per heavy atom. The van der Waals surface area contributed by atoms with Crippen LogP contribution in [0.3, 0.4) is 0 Å². The van der Waals surface area contributed by atoms with Gasteiger partial charge in [-0.1, -0.05) is 12.1 Å². The molecule has 1 saturated heterocycles. The minimum absolute atomic E-state index is 0.145. The third-order valence-electron chi connectivity index (χ3n) is 6.69. The highest BCUT2D eigenvalue weighted by atomic mass is 32.1. The van der Waals surface area contributed by atoms with Crippen molar-refractivity contribution in [3.05, 3.63) is 91.7 Å². The predicted molar refractivity (Wildman–Crippen MR) is 136 cm³/mol. The van der Waals surface area contributed by atoms with E-state index in [9.17, 15) is 18.8 Å². The molecule has 35 heavy (non-hydrogen) atoms. The summed E-state index contributed by atoms with van der Waals surface area (Å²) in [5.74, 6) is -0.459. The molecule has 0 aliphatic carbocycles. The standard InChI is InChI=1S/C26H25FN4O3S/c1-17-4-3-5-21(18(17)2)31-25(33)24-22(10-15-35-24)30(26(31)34)16-23(32)29-13-11-28(12-14-29)20-8-6-19(27)7-9-20/h3-10,15H,11-14,16H2,1-2H3. The maximum absolute atomic E-state index is 13.6. The first-order valence-electron chi connectivity index (χ1n) is 11.4. The fourth-order valence-electron chi connectivity index (χ4n) is 4.53. The molecule has 5 rings (SSSR count). The second-order valence-electron chi connectivity index (χ2n) is 8.71. The SMILES string of the molecule is Cc1cccc(-n2c(=O)c3sccc3n(CC(=O)N3CCN(c4ccc(F)cc4)CC3)c2=O)c1C. The van der Waals surface area contributed by atoms with Crippen molar-refractivity contribution in [3.8, 4) is 5.69 Å². The number of hydrogen-bond donors (Lipinski definition) is 0. The molecule has 0 spiro atoms. The number of carbonyl (C=O) groups excluding carboxylic acids is 1. The number of halogens is 1. The van der Waals surface area contributed by atoms with Crippen LogP contribution < -0.4 is 16.1 Å². The summed E-state index contributed by atoms with van der Waals surface area (Å²) in [4.78, 5) is 43.9. The van der Waals surface area contributed by atoms with E-state index in [1.807, 2.05) is 26.0 Å². The van der Waals surface area contributed by atoms with E-state index in [2.05, 4.69) is 4.90 Å². The number of amides is 1. The molecule has 7 nitrogen and oxygen atoms in total. The molecule has 2 aromatic carbocycles. The molecule has 0 radical (unpaired) electrons. The van der Waals surface area contributed by atoms with Crippen LogP contribution in [-0.4, -0.2) is 46.1 Å². The Morgan fingerprint density at radius 3 is 2.40 bits per heavy atom. The summed E-state index contributed by atoms with van der Waals surface area (Å²) in [6.07, 6.45) is 0. The zero-order valence-corrected chi connectivity index (χ0v) is 20.3. The second-order valence-corrected chi connectivity index (χ2v) is 9.62. The van der Waals surface area contributed by atoms with Gasteiger partial charge in [0.25, 0.3) is 5.56 Å². The molecule has 180 valence electrons. The molecule has 2 aromatic heterocycles. The Morgan fingerprint density at radius 1 is 0.971 bits per heavy atom. The van der Waals surface area contributed by atoms with Gasteiger partial charge in [-0.2, -0.15) is 0 Å². The molecule has 1 aliphatic rings. The molecule has 0 saturated carbocycles. The van der Waals surface area contributed by atoms with E-state index in [1.165, 1.54) is 32.6 Å². The Labute approximate surface area is 205 Å². The number of anilines is 1. The molecule has 9 heteroatoms. The van der Waals surface area contributed by atoms with Crippen molar-refractivity contribution in [1.29, 1.82) is 0 Å². The number of hydrogen-bond acceptors (Lipinski definition) is 5. The Kier molecular flexibility index (Phi) is 6.02. The molecule has 1 amide bonds. The van der Waals surface area contributed by atoms with Gasteiger partial charge < -0.3 is 9.80 Å². The summed E-state index contributed by atoms with van der Waals surface area (Å²) >= 11 is 1.27. The fraction of sp³-hybridized carbons (Fsp3) is 0.269. The van der Waals surface area contributed by atoms with Crippen molar-refractivity contribution in [2.45, 2.75) is 20.4 Å². The van der Waals surface area contributed by atoms with Gasteiger partial charge in [0.15, 0.2) is 0 Å². The minimum Gasteiger partial charge on any atom is -0.368 e. The summed E-state index contributed by atoms with van der Waals surface area (Å²) in [6, 6.07) is 13.5. The van der Waals surface area contributed by atoms with Crippen molar-refractivity contribution in [1.82, 2.24) is 14.0 Å². The highest BCUT2D eigenvalue weighted by Gasteiger charge is 2.24. The molecule has 0 atom stereocenters. The van der Waals surface area contributed by atoms with Crippen molar-refractivity contribution < 1.29 is 9.18 Å². The van der Waals surface area contributed by atoms with Crippen LogP contribution in [0.25, 0.3) is 15.9 Å². The molecular formula is C26H25FN4O3S. The predicted octanol–water partition coefficient (Wildman–Crippen LogP) is 3.32. The van der Waals surface area contributed by atoms with E-state index >= 15 is 0 Å². The number of benzene rings is 2. The van der Waals surface area contributed by atoms with Crippen LogP contribution in [0.5, 0.6) is 0 Å². The van der Waals surface area contributed by atoms with Crippen LogP contribution in [-0.2, 0) is 11.3 Å². The maximum Gasteiger partial charge on any atom is 0.336 e. The van der Waals surface area contributed by atoms with E-state index in [0.29, 0.717) is 42.1 Å². The normalized spacial score (nSPS) is 14.0. The zero-order chi connectivity index (χ0) is 24.7. The minimum atomic E-state index is -0.520. The van der Waals surface area contributed by atoms with Crippen LogP contribution in [0.4, 0.5) is 10.1 Å². The lowest BCUT2D eigenvalue weighted by atomic mass is 10.1. The van der Waals surface area contributed by atoms with Gasteiger partial charge in [-0.3, -0.25) is 14.2 Å². The van der Waals surface area contributed by atoms with E-state index < -0.39 is 5.69 Å². The Balaban J connectivity index is 1.44. The van der Waals surface area contributed by atoms with E-state index in [1.54, 1.807) is 34.5 Å². The summed E-state index contributed by atoms with van der Waals surface area (Å²) in [5.41, 5.74) is 2.85. The summed E-state index contributed by atoms with van der Waals surface area (Å²) in [7, 11) is 0. The van der Waals surface area contributed by atoms with Crippen molar-refractivity contribution in [3.63, 3.8) is 0 Å². The number of fused-ring (bicyclic) bond motifs is 1. The van der Waals surface area contributed by atoms with Crippen LogP contribution in [0.2, 0.25) is 0 Å². The zero-order valence-electron chi connectivity index (χ0n) is 19.5. The van der Waals surface area contributed by atoms with Gasteiger partial charge in [0.05, 0.1) is 11.2 Å². The van der Waals surface area contributed by atoms with E-state index in [0.717, 1.165) is 16.8 Å². The number of aromatic nitrogens is 2. The average Bonchev–Trinajstić information content (AvgIpc) is 3.35. The fourth-order valence-corrected chi connectivity index (χ4v) is 5.36. The van der Waals surface area contributed by atoms with Crippen molar-refractivity contribution in [2.75, 3.05) is 31.1 Å². The molecule has 4 aromatic rings. The Hall–Kier alpha value is -3.72. The van der Waals surface area contributed by atoms with Gasteiger partial charge >= 0.3 is 5.69 Å². The van der Waals surface area contributed by atoms with Gasteiger partial charge in [0.2, 0.25) is 5.91 Å². The first-order valence-corrected chi connectivity index (χ1v) is 12.3. The van der Waals surface area contributed by atoms with E-state index in [4.69, 9.17) is 0 Å². The van der Waals surface area contributed by atoms with Gasteiger partial charge in [-0.25, -0.2) is 13.8 Å². The largest absolute Gasteiger partial charge is 0.368 e. The Bertz CT molecular complexity index is 1530. The first-order chi connectivity index (χ1) is 16.8. The number of aryl methyl sites for hydroxylation is 1. The smallest absolute Gasteiger partial charge is 0.336 e. The van der Waals surface area contributed by atoms with E-state index in [-0.39, 0.29) is 23.8 Å². The lowest BCUT2D eigenvalue weighted by Crippen LogP contribution is -2.50. The first kappa shape index (κ1) is 23.0. The monoisotopic (exact) mass is 492 g/mol. The molecule has 1 fully saturated rings. The van der Waals surface area contributed by atoms with Gasteiger partial charge in [-0.05, 0) is 66.8 Å². The lowest BCUT2D eigenvalue weighted by Gasteiger charge is -2.36. The number of thiophene rings is 1. The van der Waals surface area contributed by atoms with Crippen molar-refractivity contribution >= 4 is 33.1 Å². The topological polar surface area (TPSA) is 67.6 Å². The average molecular weight is 493 g/mol. The summed E-state index contributed by atoms with van der Waals surface area (Å²) in [5, 5.41) is 1.77. The van der Waals surface area contributed by atoms with Crippen molar-refractivity contribution in [2.24, 2.45) is 0 Å². The van der Waals surface area contributed by atoms with Crippen LogP contribution in [0.1, 0.15) is 11.1 Å². The van der Waals surface area contributed by atoms with Gasteiger partial charge in [-0.15, -0.1) is 11.3 Å². The lowest BCUT2D eigenvalue weighted by molar-refractivity contribution is -0.132. The van der Waals surface area contributed by atoms with Crippen LogP contribution in [0, 0.1) is 19.7 Å². The molecule has 0 unspecified atom stereocenters. The van der Waals surface area contributed by atoms with Gasteiger partial charge in [0.1, 0.15) is 17.1 Å². The van der Waals surface area contributed by atoms with Gasteiger partial charge in [0, 0.05) is 31.9 Å². The third kappa shape index (κ3) is 4.16. The number of nitrogens with zero attached hydrogens (tertiary/aromatic N) is 4. The molecule has 3 heterocycles. The highest BCUT2D eigenvalue weighted by Crippen LogP contribution is 2.20. The molecule has 1 aliphatic heterocycles. The second kappa shape index (κ2) is 9.14. The summed E-state index contributed by atoms with van der Waals surface area (Å²) < 4.78 is 16.3. The van der Waals surface area contributed by atoms with Crippen LogP contribution >= 0.6 is 11.3 Å². The molecule has 0 N–H and O–H groups in total. The third-order valence-corrected chi connectivity index (χ3v) is 7.58.